The molecule has 1 aliphatic carbocycles. The molecule has 4 aliphatic rings. The highest BCUT2D eigenvalue weighted by Crippen LogP contribution is 2.46. The lowest BCUT2D eigenvalue weighted by molar-refractivity contribution is -0.175. The number of cyclic esters (lactones) is 1. The SMILES string of the molecule is C=CCOC(=O)N1CCN(OC(=O)NCCOC(=O)O[C@]2(CC)C(=O)OCc3c2cc2n(c3=O)Cc3c-2nc2cc(F)c(C)c4c2c3[C@@H](NC(=O)OC(C)(C)C)CC4)CC1. The van der Waals surface area contributed by atoms with Gasteiger partial charge >= 0.3 is 30.4 Å². The second-order valence-corrected chi connectivity index (χ2v) is 15.8. The number of alkyl carbamates (subject to hydrolysis) is 1. The molecule has 3 amide bonds. The van der Waals surface area contributed by atoms with Crippen LogP contribution in [0.15, 0.2) is 29.6 Å². The first-order valence-electron chi connectivity index (χ1n) is 19.7. The lowest BCUT2D eigenvalue weighted by atomic mass is 9.81. The molecule has 1 fully saturated rings. The number of piperazine rings is 1. The van der Waals surface area contributed by atoms with Gasteiger partial charge in [0.2, 0.25) is 5.60 Å². The van der Waals surface area contributed by atoms with Gasteiger partial charge in [0, 0.05) is 35.7 Å². The molecule has 3 aliphatic heterocycles. The van der Waals surface area contributed by atoms with Gasteiger partial charge in [-0.05, 0) is 69.7 Å². The monoisotopic (exact) mass is 834 g/mol. The van der Waals surface area contributed by atoms with Crippen LogP contribution in [0, 0.1) is 12.7 Å². The molecule has 0 spiro atoms. The first-order valence-corrected chi connectivity index (χ1v) is 19.7. The van der Waals surface area contributed by atoms with Crippen LogP contribution in [-0.4, -0.2) is 101 Å². The minimum atomic E-state index is -2.09. The molecular formula is C41H47FN6O12. The van der Waals surface area contributed by atoms with E-state index in [2.05, 4.69) is 17.2 Å². The van der Waals surface area contributed by atoms with Crippen molar-refractivity contribution >= 4 is 41.3 Å². The Balaban J connectivity index is 1.09. The van der Waals surface area contributed by atoms with E-state index < -0.39 is 59.0 Å². The van der Waals surface area contributed by atoms with Crippen molar-refractivity contribution in [1.82, 2.24) is 30.1 Å². The summed E-state index contributed by atoms with van der Waals surface area (Å²) in [6, 6.07) is 2.35. The Labute approximate surface area is 343 Å². The largest absolute Gasteiger partial charge is 0.509 e. The Morgan fingerprint density at radius 3 is 2.52 bits per heavy atom. The molecule has 2 atom stereocenters. The summed E-state index contributed by atoms with van der Waals surface area (Å²) in [6.07, 6.45) is -0.985. The average Bonchev–Trinajstić information content (AvgIpc) is 3.57. The summed E-state index contributed by atoms with van der Waals surface area (Å²) in [5.41, 5.74) is 0.383. The number of pyridine rings is 2. The zero-order valence-corrected chi connectivity index (χ0v) is 34.1. The molecule has 5 heterocycles. The normalized spacial score (nSPS) is 19.3. The Bertz CT molecular complexity index is 2350. The number of esters is 1. The maximum absolute atomic E-state index is 15.4. The van der Waals surface area contributed by atoms with E-state index in [1.54, 1.807) is 40.7 Å². The van der Waals surface area contributed by atoms with Crippen molar-refractivity contribution in [3.8, 4) is 11.4 Å². The number of hydrogen-bond acceptors (Lipinski definition) is 14. The predicted octanol–water partition coefficient (Wildman–Crippen LogP) is 4.78. The first kappa shape index (κ1) is 41.9. The fourth-order valence-corrected chi connectivity index (χ4v) is 8.10. The van der Waals surface area contributed by atoms with E-state index >= 15 is 4.39 Å². The van der Waals surface area contributed by atoms with E-state index in [9.17, 15) is 28.8 Å². The standard InChI is InChI=1S/C41H47FN6O12/c1-7-16-55-38(53)46-12-14-47(15-13-46)60-36(51)43-11-17-56-39(54)59-41(8-2)26-18-30-33-24(20-48(30)34(49)25(26)21-57-35(41)50)32-28(45-37(52)58-40(4,5)6)10-9-23-22(3)27(42)19-29(44-33)31(23)32/h7,18-19,28H,1,8-17,20-21H2,2-6H3,(H,43,51)(H,45,52)/t28-,41-/m0/s1. The Morgan fingerprint density at radius 1 is 1.07 bits per heavy atom. The van der Waals surface area contributed by atoms with Gasteiger partial charge in [0.1, 0.15) is 31.2 Å². The number of carbonyl (C=O) groups excluding carboxylic acids is 5. The second kappa shape index (κ2) is 16.4. The van der Waals surface area contributed by atoms with Crippen molar-refractivity contribution in [2.75, 3.05) is 45.9 Å². The average molecular weight is 835 g/mol. The van der Waals surface area contributed by atoms with E-state index in [-0.39, 0.29) is 76.6 Å². The number of rotatable bonds is 9. The molecule has 1 aromatic carbocycles. The van der Waals surface area contributed by atoms with Crippen molar-refractivity contribution in [1.29, 1.82) is 0 Å². The summed E-state index contributed by atoms with van der Waals surface area (Å²) >= 11 is 0. The third kappa shape index (κ3) is 7.92. The number of hydroxylamine groups is 2. The Morgan fingerprint density at radius 2 is 1.82 bits per heavy atom. The van der Waals surface area contributed by atoms with Crippen LogP contribution in [0.4, 0.5) is 23.6 Å². The summed E-state index contributed by atoms with van der Waals surface area (Å²) in [6.45, 7) is 12.3. The van der Waals surface area contributed by atoms with Crippen LogP contribution in [0.2, 0.25) is 0 Å². The highest BCUT2D eigenvalue weighted by atomic mass is 19.1. The predicted molar refractivity (Wildman–Crippen MR) is 209 cm³/mol. The van der Waals surface area contributed by atoms with Crippen LogP contribution < -0.4 is 16.2 Å². The van der Waals surface area contributed by atoms with Gasteiger partial charge in [0.25, 0.3) is 5.56 Å². The number of hydrogen-bond donors (Lipinski definition) is 2. The molecule has 0 radical (unpaired) electrons. The van der Waals surface area contributed by atoms with E-state index in [4.69, 9.17) is 33.5 Å². The molecule has 0 bridgehead atoms. The third-order valence-electron chi connectivity index (χ3n) is 10.9. The molecule has 0 unspecified atom stereocenters. The zero-order valence-electron chi connectivity index (χ0n) is 34.1. The van der Waals surface area contributed by atoms with Crippen LogP contribution in [0.25, 0.3) is 22.3 Å². The van der Waals surface area contributed by atoms with Gasteiger partial charge in [-0.1, -0.05) is 19.6 Å². The number of benzene rings is 1. The molecule has 1 saturated heterocycles. The molecule has 320 valence electrons. The van der Waals surface area contributed by atoms with Gasteiger partial charge in [-0.15, -0.1) is 5.06 Å². The van der Waals surface area contributed by atoms with Crippen molar-refractivity contribution in [3.63, 3.8) is 0 Å². The fraction of sp³-hybridized carbons (Fsp3) is 0.488. The number of carbonyl (C=O) groups is 5. The van der Waals surface area contributed by atoms with E-state index in [1.807, 2.05) is 0 Å². The van der Waals surface area contributed by atoms with E-state index in [0.29, 0.717) is 51.8 Å². The number of fused-ring (bicyclic) bond motifs is 5. The van der Waals surface area contributed by atoms with Crippen molar-refractivity contribution < 1.29 is 56.9 Å². The van der Waals surface area contributed by atoms with Crippen LogP contribution in [-0.2, 0) is 58.5 Å². The molecule has 7 rings (SSSR count). The molecule has 18 nitrogen and oxygen atoms in total. The van der Waals surface area contributed by atoms with Gasteiger partial charge < -0.3 is 48.6 Å². The van der Waals surface area contributed by atoms with Crippen LogP contribution in [0.5, 0.6) is 0 Å². The summed E-state index contributed by atoms with van der Waals surface area (Å²) in [4.78, 5) is 90.2. The van der Waals surface area contributed by atoms with Crippen LogP contribution in [0.3, 0.4) is 0 Å². The quantitative estimate of drug-likeness (QED) is 0.101. The zero-order chi connectivity index (χ0) is 43.1. The molecule has 19 heteroatoms. The summed E-state index contributed by atoms with van der Waals surface area (Å²) in [5, 5.41) is 7.51. The Hall–Kier alpha value is -6.24. The molecule has 3 aromatic rings. The number of nitrogens with one attached hydrogen (secondary N) is 2. The maximum atomic E-state index is 15.4. The lowest BCUT2D eigenvalue weighted by Crippen LogP contribution is -2.50. The first-order chi connectivity index (χ1) is 28.5. The molecule has 2 aromatic heterocycles. The number of aromatic nitrogens is 2. The topological polar surface area (TPSA) is 206 Å². The summed E-state index contributed by atoms with van der Waals surface area (Å²) < 4.78 is 43.8. The lowest BCUT2D eigenvalue weighted by Gasteiger charge is -2.35. The van der Waals surface area contributed by atoms with Crippen molar-refractivity contribution in [2.24, 2.45) is 0 Å². The highest BCUT2D eigenvalue weighted by Gasteiger charge is 2.51. The van der Waals surface area contributed by atoms with Gasteiger partial charge in [0.15, 0.2) is 0 Å². The van der Waals surface area contributed by atoms with E-state index in [0.717, 1.165) is 5.56 Å². The number of aryl methyl sites for hydroxylation is 1. The number of halogens is 1. The summed E-state index contributed by atoms with van der Waals surface area (Å²) in [5.74, 6) is -1.36. The van der Waals surface area contributed by atoms with Crippen LogP contribution in [0.1, 0.15) is 80.0 Å². The van der Waals surface area contributed by atoms with Gasteiger partial charge in [-0.2, -0.15) is 0 Å². The number of nitrogens with zero attached hydrogens (tertiary/aromatic N) is 4. The smallest absolute Gasteiger partial charge is 0.457 e. The van der Waals surface area contributed by atoms with Crippen molar-refractivity contribution in [2.45, 2.75) is 84.3 Å². The summed E-state index contributed by atoms with van der Waals surface area (Å²) in [7, 11) is 0. The second-order valence-electron chi connectivity index (χ2n) is 15.8. The van der Waals surface area contributed by atoms with Gasteiger partial charge in [0.05, 0.1) is 54.7 Å². The molecule has 60 heavy (non-hydrogen) atoms. The van der Waals surface area contributed by atoms with Gasteiger partial charge in [-0.3, -0.25) is 4.79 Å². The third-order valence-corrected chi connectivity index (χ3v) is 10.9. The van der Waals surface area contributed by atoms with Gasteiger partial charge in [-0.25, -0.2) is 33.3 Å². The number of amides is 3. The van der Waals surface area contributed by atoms with E-state index in [1.165, 1.54) is 26.7 Å². The fourth-order valence-electron chi connectivity index (χ4n) is 8.10. The highest BCUT2D eigenvalue weighted by molar-refractivity contribution is 5.94. The molecular weight excluding hydrogens is 787 g/mol. The minimum Gasteiger partial charge on any atom is -0.457 e. The Kier molecular flexibility index (Phi) is 11.5. The van der Waals surface area contributed by atoms with Crippen LogP contribution >= 0.6 is 0 Å². The molecule has 2 N–H and O–H groups in total. The maximum Gasteiger partial charge on any atom is 0.509 e. The molecule has 0 saturated carbocycles. The van der Waals surface area contributed by atoms with Crippen molar-refractivity contribution in [3.05, 3.63) is 74.3 Å². The minimum absolute atomic E-state index is 0.0593. The number of ether oxygens (including phenoxy) is 5.